The van der Waals surface area contributed by atoms with Crippen LogP contribution in [-0.2, 0) is 18.0 Å². The van der Waals surface area contributed by atoms with Crippen molar-refractivity contribution in [1.29, 1.82) is 0 Å². The Labute approximate surface area is 143 Å². The van der Waals surface area contributed by atoms with Crippen molar-refractivity contribution >= 4 is 15.6 Å². The van der Waals surface area contributed by atoms with Gasteiger partial charge in [-0.25, -0.2) is 9.13 Å². The minimum Gasteiger partial charge on any atom is -0.302 e. The van der Waals surface area contributed by atoms with Crippen LogP contribution in [0.1, 0.15) is 53.4 Å². The molecule has 7 nitrogen and oxygen atoms in total. The molecule has 0 aliphatic carbocycles. The van der Waals surface area contributed by atoms with Gasteiger partial charge in [0.2, 0.25) is 0 Å². The number of allylic oxidation sites excluding steroid dienone is 4. The molecule has 1 unspecified atom stereocenters. The van der Waals surface area contributed by atoms with Crippen LogP contribution < -0.4 is 0 Å². The molecular formula is C15H28O7P2. The fourth-order valence-corrected chi connectivity index (χ4v) is 3.80. The van der Waals surface area contributed by atoms with Gasteiger partial charge in [0.05, 0.1) is 5.60 Å². The first-order valence-electron chi connectivity index (χ1n) is 7.51. The van der Waals surface area contributed by atoms with E-state index in [2.05, 4.69) is 17.0 Å². The van der Waals surface area contributed by atoms with Crippen molar-refractivity contribution in [2.75, 3.05) is 0 Å². The second-order valence-corrected chi connectivity index (χ2v) is 8.81. The van der Waals surface area contributed by atoms with Crippen molar-refractivity contribution in [2.24, 2.45) is 0 Å². The summed E-state index contributed by atoms with van der Waals surface area (Å²) in [6.45, 7) is 11.1. The molecule has 0 heterocycles. The first-order chi connectivity index (χ1) is 10.8. The molecule has 0 aromatic heterocycles. The second kappa shape index (κ2) is 9.83. The van der Waals surface area contributed by atoms with Gasteiger partial charge in [-0.1, -0.05) is 29.4 Å². The van der Waals surface area contributed by atoms with E-state index in [-0.39, 0.29) is 0 Å². The van der Waals surface area contributed by atoms with E-state index in [0.29, 0.717) is 12.8 Å². The van der Waals surface area contributed by atoms with Gasteiger partial charge >= 0.3 is 15.6 Å². The third kappa shape index (κ3) is 11.9. The number of phosphoric ester groups is 1. The highest BCUT2D eigenvalue weighted by Crippen LogP contribution is 2.59. The van der Waals surface area contributed by atoms with Gasteiger partial charge < -0.3 is 14.7 Å². The Kier molecular flexibility index (Phi) is 9.62. The van der Waals surface area contributed by atoms with Crippen molar-refractivity contribution in [3.63, 3.8) is 0 Å². The molecule has 0 rings (SSSR count). The van der Waals surface area contributed by atoms with Gasteiger partial charge in [-0.2, -0.15) is 4.31 Å². The molecule has 0 aromatic carbocycles. The van der Waals surface area contributed by atoms with Crippen molar-refractivity contribution < 1.29 is 32.6 Å². The molecule has 0 bridgehead atoms. The Hall–Kier alpha value is -0.520. The van der Waals surface area contributed by atoms with Gasteiger partial charge in [-0.3, -0.25) is 4.52 Å². The van der Waals surface area contributed by atoms with E-state index >= 15 is 0 Å². The quantitative estimate of drug-likeness (QED) is 0.353. The van der Waals surface area contributed by atoms with Crippen LogP contribution in [0.2, 0.25) is 0 Å². The molecule has 0 aromatic rings. The van der Waals surface area contributed by atoms with Crippen molar-refractivity contribution in [1.82, 2.24) is 0 Å². The Morgan fingerprint density at radius 3 is 2.17 bits per heavy atom. The molecule has 3 N–H and O–H groups in total. The molecular weight excluding hydrogens is 354 g/mol. The van der Waals surface area contributed by atoms with Gasteiger partial charge in [0.1, 0.15) is 0 Å². The molecule has 0 aliphatic rings. The van der Waals surface area contributed by atoms with Crippen LogP contribution in [0, 0.1) is 0 Å². The summed E-state index contributed by atoms with van der Waals surface area (Å²) in [4.78, 5) is 26.7. The lowest BCUT2D eigenvalue weighted by atomic mass is 9.99. The van der Waals surface area contributed by atoms with Crippen LogP contribution in [0.4, 0.5) is 0 Å². The van der Waals surface area contributed by atoms with E-state index in [1.165, 1.54) is 24.1 Å². The first-order valence-corrected chi connectivity index (χ1v) is 10.5. The minimum absolute atomic E-state index is 0.311. The van der Waals surface area contributed by atoms with E-state index in [1.807, 2.05) is 26.8 Å². The number of hydrogen-bond acceptors (Lipinski definition) is 4. The van der Waals surface area contributed by atoms with Gasteiger partial charge in [0, 0.05) is 0 Å². The molecule has 0 saturated carbocycles. The highest BCUT2D eigenvalue weighted by atomic mass is 31.3. The summed E-state index contributed by atoms with van der Waals surface area (Å²) in [5.41, 5.74) is 1.19. The van der Waals surface area contributed by atoms with Crippen molar-refractivity contribution in [3.8, 4) is 0 Å². The topological polar surface area (TPSA) is 113 Å². The van der Waals surface area contributed by atoms with Crippen LogP contribution >= 0.6 is 15.6 Å². The van der Waals surface area contributed by atoms with E-state index in [9.17, 15) is 14.0 Å². The molecule has 140 valence electrons. The van der Waals surface area contributed by atoms with Gasteiger partial charge in [-0.05, 0) is 53.4 Å². The van der Waals surface area contributed by atoms with Crippen LogP contribution in [-0.4, -0.2) is 20.3 Å². The average Bonchev–Trinajstić information content (AvgIpc) is 2.34. The first kappa shape index (κ1) is 23.5. The predicted octanol–water partition coefficient (Wildman–Crippen LogP) is 4.63. The smallest absolute Gasteiger partial charge is 0.302 e. The van der Waals surface area contributed by atoms with Gasteiger partial charge in [0.15, 0.2) is 0 Å². The largest absolute Gasteiger partial charge is 0.481 e. The third-order valence-corrected chi connectivity index (χ3v) is 5.51. The monoisotopic (exact) mass is 382 g/mol. The number of phosphoric acid groups is 2. The highest BCUT2D eigenvalue weighted by molar-refractivity contribution is 7.60. The van der Waals surface area contributed by atoms with Crippen molar-refractivity contribution in [2.45, 2.75) is 59.0 Å². The highest BCUT2D eigenvalue weighted by Gasteiger charge is 2.38. The molecule has 0 fully saturated rings. The molecule has 0 saturated heterocycles. The normalized spacial score (nSPS) is 17.7. The Bertz CT molecular complexity index is 572. The molecule has 2 atom stereocenters. The zero-order valence-electron chi connectivity index (χ0n) is 14.6. The lowest BCUT2D eigenvalue weighted by molar-refractivity contribution is 0.0803. The van der Waals surface area contributed by atoms with Crippen LogP contribution in [0.25, 0.3) is 0 Å². The molecule has 9 heteroatoms. The molecule has 0 spiro atoms. The fourth-order valence-electron chi connectivity index (χ4n) is 1.90. The van der Waals surface area contributed by atoms with Crippen molar-refractivity contribution in [3.05, 3.63) is 36.0 Å². The SMILES string of the molecule is C=C[C@](C)(CC/C=C(\C)CCC=C(C)C)OP(=O)(O)OP(=O)(O)O. The third-order valence-electron chi connectivity index (χ3n) is 3.19. The molecule has 0 amide bonds. The van der Waals surface area contributed by atoms with Crippen LogP contribution in [0.5, 0.6) is 0 Å². The molecule has 0 aliphatic heterocycles. The minimum atomic E-state index is -5.14. The Balaban J connectivity index is 4.68. The van der Waals surface area contributed by atoms with E-state index in [0.717, 1.165) is 12.8 Å². The second-order valence-electron chi connectivity index (χ2n) is 6.06. The molecule has 0 radical (unpaired) electrons. The van der Waals surface area contributed by atoms with E-state index in [4.69, 9.17) is 14.3 Å². The maximum atomic E-state index is 11.7. The zero-order valence-corrected chi connectivity index (χ0v) is 16.4. The Morgan fingerprint density at radius 1 is 1.12 bits per heavy atom. The van der Waals surface area contributed by atoms with Gasteiger partial charge in [-0.15, -0.1) is 6.58 Å². The van der Waals surface area contributed by atoms with E-state index < -0.39 is 21.2 Å². The standard InChI is InChI=1S/C15H28O7P2/c1-6-15(5,21-24(19,20)22-23(16,17)18)12-8-11-14(4)10-7-9-13(2)3/h6,9,11H,1,7-8,10,12H2,2-5H3,(H,19,20)(H2,16,17,18)/b14-11+/t15-/m1/s1. The fraction of sp³-hybridized carbons (Fsp3) is 0.600. The summed E-state index contributed by atoms with van der Waals surface area (Å²) < 4.78 is 31.0. The summed E-state index contributed by atoms with van der Waals surface area (Å²) in [6.07, 6.45) is 8.18. The summed E-state index contributed by atoms with van der Waals surface area (Å²) >= 11 is 0. The number of rotatable bonds is 11. The predicted molar refractivity (Wildman–Crippen MR) is 94.3 cm³/mol. The lowest BCUT2D eigenvalue weighted by Gasteiger charge is -2.27. The summed E-state index contributed by atoms with van der Waals surface area (Å²) in [5.74, 6) is 0. The lowest BCUT2D eigenvalue weighted by Crippen LogP contribution is -2.24. The Morgan fingerprint density at radius 2 is 1.71 bits per heavy atom. The van der Waals surface area contributed by atoms with Crippen LogP contribution in [0.15, 0.2) is 36.0 Å². The summed E-state index contributed by atoms with van der Waals surface area (Å²) in [5, 5.41) is 0. The molecule has 24 heavy (non-hydrogen) atoms. The maximum Gasteiger partial charge on any atom is 0.481 e. The van der Waals surface area contributed by atoms with E-state index in [1.54, 1.807) is 0 Å². The number of hydrogen-bond donors (Lipinski definition) is 3. The van der Waals surface area contributed by atoms with Gasteiger partial charge in [0.25, 0.3) is 0 Å². The summed E-state index contributed by atoms with van der Waals surface area (Å²) in [7, 11) is -10.0. The zero-order chi connectivity index (χ0) is 19.0. The maximum absolute atomic E-state index is 11.7. The summed E-state index contributed by atoms with van der Waals surface area (Å²) in [6, 6.07) is 0. The van der Waals surface area contributed by atoms with Crippen LogP contribution in [0.3, 0.4) is 0 Å². The average molecular weight is 382 g/mol.